The van der Waals surface area contributed by atoms with Gasteiger partial charge in [-0.25, -0.2) is 9.59 Å². The molecule has 0 amide bonds. The fourth-order valence-corrected chi connectivity index (χ4v) is 6.58. The van der Waals surface area contributed by atoms with Crippen molar-refractivity contribution in [1.29, 1.82) is 0 Å². The molecule has 2 aromatic heterocycles. The molecule has 0 unspecified atom stereocenters. The van der Waals surface area contributed by atoms with E-state index in [1.54, 1.807) is 26.0 Å². The van der Waals surface area contributed by atoms with E-state index in [-0.39, 0.29) is 43.8 Å². The van der Waals surface area contributed by atoms with E-state index in [9.17, 15) is 35.1 Å². The van der Waals surface area contributed by atoms with E-state index in [2.05, 4.69) is 0 Å². The molecule has 46 heavy (non-hydrogen) atoms. The summed E-state index contributed by atoms with van der Waals surface area (Å²) >= 11 is 0. The van der Waals surface area contributed by atoms with Gasteiger partial charge in [-0.2, -0.15) is 0 Å². The third-order valence-corrected chi connectivity index (χ3v) is 9.03. The van der Waals surface area contributed by atoms with Crippen molar-refractivity contribution < 1.29 is 58.1 Å². The third-order valence-electron chi connectivity index (χ3n) is 9.03. The first-order chi connectivity index (χ1) is 21.9. The number of hydrogen-bond acceptors (Lipinski definition) is 14. The van der Waals surface area contributed by atoms with Gasteiger partial charge in [0.1, 0.15) is 53.0 Å². The Labute approximate surface area is 259 Å². The monoisotopic (exact) mass is 640 g/mol. The van der Waals surface area contributed by atoms with Crippen LogP contribution in [0, 0.1) is 6.92 Å². The molecule has 2 fully saturated rings. The molecule has 2 aliphatic rings. The summed E-state index contributed by atoms with van der Waals surface area (Å²) in [6.07, 6.45) is -13.0. The van der Waals surface area contributed by atoms with Crippen LogP contribution in [-0.4, -0.2) is 94.1 Å². The molecule has 0 radical (unpaired) electrons. The Morgan fingerprint density at radius 1 is 0.717 bits per heavy atom. The number of phenols is 1. The second-order valence-corrected chi connectivity index (χ2v) is 11.8. The second kappa shape index (κ2) is 11.1. The molecule has 2 aliphatic heterocycles. The molecule has 10 atom stereocenters. The quantitative estimate of drug-likeness (QED) is 0.104. The number of phenolic OH excluding ortho intramolecular Hbond substituents is 1. The van der Waals surface area contributed by atoms with Crippen LogP contribution in [0.2, 0.25) is 0 Å². The molecule has 0 saturated carbocycles. The summed E-state index contributed by atoms with van der Waals surface area (Å²) in [6, 6.07) is 7.70. The van der Waals surface area contributed by atoms with Crippen molar-refractivity contribution in [2.24, 2.45) is 0 Å². The molecule has 2 saturated heterocycles. The van der Waals surface area contributed by atoms with Crippen molar-refractivity contribution in [3.63, 3.8) is 0 Å². The summed E-state index contributed by atoms with van der Waals surface area (Å²) < 4.78 is 40.4. The molecule has 14 nitrogen and oxygen atoms in total. The number of aromatic hydroxyl groups is 1. The van der Waals surface area contributed by atoms with E-state index >= 15 is 0 Å². The van der Waals surface area contributed by atoms with E-state index in [0.717, 1.165) is 0 Å². The molecule has 0 spiro atoms. The summed E-state index contributed by atoms with van der Waals surface area (Å²) in [5.41, 5.74) is -0.899. The van der Waals surface area contributed by atoms with Gasteiger partial charge in [0.15, 0.2) is 18.0 Å². The molecule has 5 aromatic rings. The van der Waals surface area contributed by atoms with Gasteiger partial charge < -0.3 is 58.1 Å². The fraction of sp³-hybridized carbons (Fsp3) is 0.438. The van der Waals surface area contributed by atoms with E-state index in [1.807, 2.05) is 0 Å². The minimum Gasteiger partial charge on any atom is -0.506 e. The number of ether oxygens (including phenoxy) is 5. The maximum atomic E-state index is 13.4. The number of aryl methyl sites for hydroxylation is 1. The standard InChI is InChI=1S/C32H32O14/c1-10-8-9-15-18-16(10)29(38)45-26-17-13(23(35)20(19(18)26)30(39)43-15)6-5-7-14(17)44-32-28(24(36)21(33)11(2)42-32)46-31-25(37)27(40-4)22(34)12(3)41-31/h5-9,11-12,21-22,24-25,27-28,31-37H,1-4H3/t11-,12-,21-,22-,24+,25-,27+,28-,31+,32+/m0/s1. The lowest BCUT2D eigenvalue weighted by Gasteiger charge is -2.46. The van der Waals surface area contributed by atoms with Crippen LogP contribution in [0.15, 0.2) is 48.8 Å². The van der Waals surface area contributed by atoms with Gasteiger partial charge in [0.05, 0.1) is 23.0 Å². The largest absolute Gasteiger partial charge is 0.506 e. The van der Waals surface area contributed by atoms with Gasteiger partial charge in [0.2, 0.25) is 6.29 Å². The van der Waals surface area contributed by atoms with Crippen LogP contribution in [0.4, 0.5) is 0 Å². The van der Waals surface area contributed by atoms with Crippen molar-refractivity contribution >= 4 is 43.5 Å². The van der Waals surface area contributed by atoms with Crippen LogP contribution < -0.4 is 16.0 Å². The van der Waals surface area contributed by atoms with Crippen LogP contribution in [0.1, 0.15) is 19.4 Å². The first-order valence-electron chi connectivity index (χ1n) is 14.7. The van der Waals surface area contributed by atoms with Gasteiger partial charge in [-0.15, -0.1) is 0 Å². The molecule has 5 N–H and O–H groups in total. The highest BCUT2D eigenvalue weighted by Gasteiger charge is 2.50. The zero-order valence-corrected chi connectivity index (χ0v) is 25.1. The molecule has 4 heterocycles. The van der Waals surface area contributed by atoms with Crippen molar-refractivity contribution in [1.82, 2.24) is 0 Å². The van der Waals surface area contributed by atoms with Gasteiger partial charge in [-0.1, -0.05) is 18.2 Å². The minimum absolute atomic E-state index is 0.00746. The predicted octanol–water partition coefficient (Wildman–Crippen LogP) is 1.37. The highest BCUT2D eigenvalue weighted by atomic mass is 16.8. The molecule has 0 aliphatic carbocycles. The first kappa shape index (κ1) is 30.8. The Morgan fingerprint density at radius 2 is 1.41 bits per heavy atom. The van der Waals surface area contributed by atoms with Gasteiger partial charge in [0.25, 0.3) is 0 Å². The average Bonchev–Trinajstić information content (AvgIpc) is 3.02. The van der Waals surface area contributed by atoms with Gasteiger partial charge in [-0.3, -0.25) is 0 Å². The van der Waals surface area contributed by atoms with Crippen molar-refractivity contribution in [2.45, 2.75) is 82.2 Å². The Balaban J connectivity index is 1.38. The van der Waals surface area contributed by atoms with E-state index in [0.29, 0.717) is 10.9 Å². The third kappa shape index (κ3) is 4.48. The van der Waals surface area contributed by atoms with Crippen LogP contribution in [0.5, 0.6) is 11.5 Å². The lowest BCUT2D eigenvalue weighted by Crippen LogP contribution is -2.64. The van der Waals surface area contributed by atoms with Gasteiger partial charge in [-0.05, 0) is 38.5 Å². The number of rotatable bonds is 5. The lowest BCUT2D eigenvalue weighted by molar-refractivity contribution is -0.353. The molecule has 7 rings (SSSR count). The summed E-state index contributed by atoms with van der Waals surface area (Å²) in [5.74, 6) is -0.425. The first-order valence-corrected chi connectivity index (χ1v) is 14.7. The normalized spacial score (nSPS) is 32.2. The molecule has 0 bridgehead atoms. The maximum Gasteiger partial charge on any atom is 0.348 e. The Bertz CT molecular complexity index is 2070. The molecular formula is C32H32O14. The molecular weight excluding hydrogens is 608 g/mol. The fourth-order valence-electron chi connectivity index (χ4n) is 6.58. The van der Waals surface area contributed by atoms with Crippen LogP contribution in [0.3, 0.4) is 0 Å². The summed E-state index contributed by atoms with van der Waals surface area (Å²) in [6.45, 7) is 4.77. The zero-order valence-electron chi connectivity index (χ0n) is 25.1. The number of hydrogen-bond donors (Lipinski definition) is 5. The highest BCUT2D eigenvalue weighted by molar-refractivity contribution is 6.28. The predicted molar refractivity (Wildman–Crippen MR) is 160 cm³/mol. The number of aliphatic hydroxyl groups is 4. The molecule has 244 valence electrons. The SMILES string of the molecule is CO[C@H]1[C@H](O)[C@@H](O[C@@H]2[C@@H](Oc3cccc4c(O)c5c(=O)oc6ccc(C)c7c(=O)oc(c34)c5c67)O[C@@H](C)[C@H](O)[C@H]2O)O[C@@H](C)[C@@H]1O. The van der Waals surface area contributed by atoms with Crippen molar-refractivity contribution in [2.75, 3.05) is 7.11 Å². The summed E-state index contributed by atoms with van der Waals surface area (Å²) in [4.78, 5) is 26.5. The second-order valence-electron chi connectivity index (χ2n) is 11.8. The number of benzene rings is 3. The maximum absolute atomic E-state index is 13.4. The van der Waals surface area contributed by atoms with E-state index in [4.69, 9.17) is 32.5 Å². The van der Waals surface area contributed by atoms with Crippen molar-refractivity contribution in [3.05, 3.63) is 56.7 Å². The van der Waals surface area contributed by atoms with Crippen LogP contribution >= 0.6 is 0 Å². The summed E-state index contributed by atoms with van der Waals surface area (Å²) in [7, 11) is 1.30. The van der Waals surface area contributed by atoms with Crippen LogP contribution in [-0.2, 0) is 18.9 Å². The van der Waals surface area contributed by atoms with E-state index < -0.39 is 78.4 Å². The number of fused-ring (bicyclic) bond motifs is 2. The summed E-state index contributed by atoms with van der Waals surface area (Å²) in [5, 5.41) is 55.1. The van der Waals surface area contributed by atoms with E-state index in [1.165, 1.54) is 32.2 Å². The van der Waals surface area contributed by atoms with Gasteiger partial charge >= 0.3 is 11.3 Å². The van der Waals surface area contributed by atoms with Gasteiger partial charge in [0, 0.05) is 23.3 Å². The average molecular weight is 641 g/mol. The zero-order chi connectivity index (χ0) is 32.8. The molecule has 3 aromatic carbocycles. The van der Waals surface area contributed by atoms with Crippen LogP contribution in [0.25, 0.3) is 43.5 Å². The lowest BCUT2D eigenvalue weighted by atomic mass is 9.95. The topological polar surface area (TPSA) is 208 Å². The van der Waals surface area contributed by atoms with Crippen molar-refractivity contribution in [3.8, 4) is 11.5 Å². The smallest absolute Gasteiger partial charge is 0.348 e. The Kier molecular flexibility index (Phi) is 7.45. The number of aliphatic hydroxyl groups excluding tert-OH is 4. The Hall–Kier alpha value is -3.86. The minimum atomic E-state index is -1.60. The number of methoxy groups -OCH3 is 1. The molecule has 14 heteroatoms. The Morgan fingerprint density at radius 3 is 2.15 bits per heavy atom. The highest BCUT2D eigenvalue weighted by Crippen LogP contribution is 2.45.